The molecule has 1 saturated carbocycles. The molecule has 0 bridgehead atoms. The van der Waals surface area contributed by atoms with Gasteiger partial charge in [0.2, 0.25) is 5.91 Å². The summed E-state index contributed by atoms with van der Waals surface area (Å²) >= 11 is 0. The lowest BCUT2D eigenvalue weighted by molar-refractivity contribution is -0.183. The zero-order valence-electron chi connectivity index (χ0n) is 13.3. The molecule has 0 aliphatic heterocycles. The first-order chi connectivity index (χ1) is 9.61. The van der Waals surface area contributed by atoms with Gasteiger partial charge in [-0.1, -0.05) is 20.3 Å². The monoisotopic (exact) mass is 308 g/mol. The quantitative estimate of drug-likeness (QED) is 0.846. The summed E-state index contributed by atoms with van der Waals surface area (Å²) in [5.41, 5.74) is 0. The molecule has 124 valence electrons. The van der Waals surface area contributed by atoms with E-state index in [2.05, 4.69) is 5.32 Å². The highest BCUT2D eigenvalue weighted by Gasteiger charge is 2.42. The Hall–Kier alpha value is -0.780. The minimum Gasteiger partial charge on any atom is -0.347 e. The van der Waals surface area contributed by atoms with Crippen molar-refractivity contribution < 1.29 is 18.0 Å². The molecule has 3 atom stereocenters. The van der Waals surface area contributed by atoms with Gasteiger partial charge in [0, 0.05) is 20.1 Å². The molecule has 3 nitrogen and oxygen atoms in total. The first-order valence-electron chi connectivity index (χ1n) is 7.65. The number of amides is 1. The summed E-state index contributed by atoms with van der Waals surface area (Å²) in [5.74, 6) is -0.982. The highest BCUT2D eigenvalue weighted by molar-refractivity contribution is 5.81. The first-order valence-corrected chi connectivity index (χ1v) is 7.65. The molecule has 6 heteroatoms. The number of carbonyl (C=O) groups is 1. The average molecular weight is 308 g/mol. The third kappa shape index (κ3) is 5.85. The minimum absolute atomic E-state index is 0.0576. The molecule has 0 aromatic rings. The second-order valence-electron chi connectivity index (χ2n) is 6.68. The van der Waals surface area contributed by atoms with Crippen LogP contribution in [-0.4, -0.2) is 43.2 Å². The number of hydrogen-bond donors (Lipinski definition) is 1. The first kappa shape index (κ1) is 18.3. The maximum absolute atomic E-state index is 12.8. The van der Waals surface area contributed by atoms with Crippen molar-refractivity contribution in [2.24, 2.45) is 11.8 Å². The van der Waals surface area contributed by atoms with Crippen molar-refractivity contribution in [2.75, 3.05) is 14.1 Å². The van der Waals surface area contributed by atoms with E-state index in [1.165, 1.54) is 4.90 Å². The standard InChI is InChI=1S/C15H27F3N2O/c1-10(2)8-13(14(21)20(3)4)19-12-7-5-6-11(9-12)15(16,17)18/h10-13,19H,5-9H2,1-4H3. The van der Waals surface area contributed by atoms with E-state index in [-0.39, 0.29) is 24.8 Å². The number of carbonyl (C=O) groups excluding carboxylic acids is 1. The summed E-state index contributed by atoms with van der Waals surface area (Å²) in [7, 11) is 3.35. The molecular weight excluding hydrogens is 281 g/mol. The second-order valence-corrected chi connectivity index (χ2v) is 6.68. The van der Waals surface area contributed by atoms with E-state index in [1.54, 1.807) is 14.1 Å². The number of hydrogen-bond acceptors (Lipinski definition) is 2. The van der Waals surface area contributed by atoms with Crippen LogP contribution in [0.1, 0.15) is 46.0 Å². The van der Waals surface area contributed by atoms with Crippen LogP contribution in [0.2, 0.25) is 0 Å². The topological polar surface area (TPSA) is 32.3 Å². The van der Waals surface area contributed by atoms with Gasteiger partial charge in [-0.15, -0.1) is 0 Å². The number of nitrogens with one attached hydrogen (secondary N) is 1. The van der Waals surface area contributed by atoms with E-state index >= 15 is 0 Å². The minimum atomic E-state index is -4.13. The summed E-state index contributed by atoms with van der Waals surface area (Å²) in [4.78, 5) is 13.7. The molecule has 0 aromatic carbocycles. The largest absolute Gasteiger partial charge is 0.391 e. The Morgan fingerprint density at radius 3 is 2.38 bits per heavy atom. The number of alkyl halides is 3. The van der Waals surface area contributed by atoms with Gasteiger partial charge in [0.05, 0.1) is 12.0 Å². The normalized spacial score (nSPS) is 25.0. The lowest BCUT2D eigenvalue weighted by Crippen LogP contribution is -2.50. The predicted octanol–water partition coefficient (Wildman–Crippen LogP) is 3.20. The van der Waals surface area contributed by atoms with E-state index in [4.69, 9.17) is 0 Å². The zero-order chi connectivity index (χ0) is 16.2. The van der Waals surface area contributed by atoms with Gasteiger partial charge in [0.25, 0.3) is 0 Å². The summed E-state index contributed by atoms with van der Waals surface area (Å²) < 4.78 is 38.5. The highest BCUT2D eigenvalue weighted by Crippen LogP contribution is 2.37. The molecular formula is C15H27F3N2O. The van der Waals surface area contributed by atoms with Crippen molar-refractivity contribution in [2.45, 2.75) is 64.2 Å². The molecule has 1 aliphatic rings. The molecule has 0 aromatic heterocycles. The SMILES string of the molecule is CC(C)CC(NC1CCCC(C(F)(F)F)C1)C(=O)N(C)C. The van der Waals surface area contributed by atoms with Crippen molar-refractivity contribution in [3.05, 3.63) is 0 Å². The smallest absolute Gasteiger partial charge is 0.347 e. The zero-order valence-corrected chi connectivity index (χ0v) is 13.3. The molecule has 21 heavy (non-hydrogen) atoms. The van der Waals surface area contributed by atoms with Crippen LogP contribution >= 0.6 is 0 Å². The van der Waals surface area contributed by atoms with Crippen molar-refractivity contribution in [3.63, 3.8) is 0 Å². The van der Waals surface area contributed by atoms with E-state index in [0.717, 1.165) is 0 Å². The van der Waals surface area contributed by atoms with Crippen LogP contribution in [0.4, 0.5) is 13.2 Å². The highest BCUT2D eigenvalue weighted by atomic mass is 19.4. The second kappa shape index (κ2) is 7.47. The Kier molecular flexibility index (Phi) is 6.50. The molecule has 0 saturated heterocycles. The molecule has 1 aliphatic carbocycles. The van der Waals surface area contributed by atoms with Crippen LogP contribution in [0.25, 0.3) is 0 Å². The Balaban J connectivity index is 2.67. The molecule has 3 unspecified atom stereocenters. The predicted molar refractivity (Wildman–Crippen MR) is 76.9 cm³/mol. The van der Waals surface area contributed by atoms with E-state index < -0.39 is 18.1 Å². The van der Waals surface area contributed by atoms with Gasteiger partial charge < -0.3 is 10.2 Å². The fraction of sp³-hybridized carbons (Fsp3) is 0.933. The molecule has 1 N–H and O–H groups in total. The van der Waals surface area contributed by atoms with Gasteiger partial charge in [-0.2, -0.15) is 13.2 Å². The Labute approximate surface area is 125 Å². The summed E-state index contributed by atoms with van der Waals surface area (Å²) in [6, 6.07) is -0.616. The molecule has 0 heterocycles. The van der Waals surface area contributed by atoms with Gasteiger partial charge in [0.1, 0.15) is 0 Å². The number of rotatable bonds is 5. The van der Waals surface area contributed by atoms with Crippen molar-refractivity contribution in [3.8, 4) is 0 Å². The van der Waals surface area contributed by atoms with Gasteiger partial charge >= 0.3 is 6.18 Å². The molecule has 0 radical (unpaired) electrons. The van der Waals surface area contributed by atoms with Gasteiger partial charge in [-0.3, -0.25) is 4.79 Å². The van der Waals surface area contributed by atoms with Crippen molar-refractivity contribution >= 4 is 5.91 Å². The Morgan fingerprint density at radius 1 is 1.29 bits per heavy atom. The summed E-state index contributed by atoms with van der Waals surface area (Å²) in [6.45, 7) is 4.02. The number of halogens is 3. The molecule has 0 spiro atoms. The van der Waals surface area contributed by atoms with Crippen molar-refractivity contribution in [1.82, 2.24) is 10.2 Å². The third-order valence-corrected chi connectivity index (χ3v) is 4.02. The fourth-order valence-corrected chi connectivity index (χ4v) is 2.95. The van der Waals surface area contributed by atoms with Crippen LogP contribution in [-0.2, 0) is 4.79 Å². The third-order valence-electron chi connectivity index (χ3n) is 4.02. The lowest BCUT2D eigenvalue weighted by atomic mass is 9.84. The van der Waals surface area contributed by atoms with Crippen molar-refractivity contribution in [1.29, 1.82) is 0 Å². The molecule has 1 amide bonds. The van der Waals surface area contributed by atoms with Crippen LogP contribution < -0.4 is 5.32 Å². The van der Waals surface area contributed by atoms with E-state index in [9.17, 15) is 18.0 Å². The van der Waals surface area contributed by atoms with Gasteiger partial charge in [0.15, 0.2) is 0 Å². The summed E-state index contributed by atoms with van der Waals surface area (Å²) in [6.07, 6.45) is -1.92. The average Bonchev–Trinajstić information content (AvgIpc) is 2.35. The van der Waals surface area contributed by atoms with Gasteiger partial charge in [-0.25, -0.2) is 0 Å². The van der Waals surface area contributed by atoms with Crippen LogP contribution in [0.3, 0.4) is 0 Å². The lowest BCUT2D eigenvalue weighted by Gasteiger charge is -2.34. The Bertz CT molecular complexity index is 342. The maximum Gasteiger partial charge on any atom is 0.391 e. The van der Waals surface area contributed by atoms with Crippen LogP contribution in [0.15, 0.2) is 0 Å². The van der Waals surface area contributed by atoms with E-state index in [1.807, 2.05) is 13.8 Å². The molecule has 1 rings (SSSR count). The fourth-order valence-electron chi connectivity index (χ4n) is 2.95. The van der Waals surface area contributed by atoms with Crippen LogP contribution in [0, 0.1) is 11.8 Å². The maximum atomic E-state index is 12.8. The number of nitrogens with zero attached hydrogens (tertiary/aromatic N) is 1. The van der Waals surface area contributed by atoms with Gasteiger partial charge in [-0.05, 0) is 31.6 Å². The Morgan fingerprint density at radius 2 is 1.90 bits per heavy atom. The number of likely N-dealkylation sites (N-methyl/N-ethyl adjacent to an activating group) is 1. The van der Waals surface area contributed by atoms with Crippen LogP contribution in [0.5, 0.6) is 0 Å². The van der Waals surface area contributed by atoms with E-state index in [0.29, 0.717) is 25.2 Å². The summed E-state index contributed by atoms with van der Waals surface area (Å²) in [5, 5.41) is 3.18. The molecule has 1 fully saturated rings.